The van der Waals surface area contributed by atoms with E-state index in [1.165, 1.54) is 37.9 Å². The molecule has 0 bridgehead atoms. The molecule has 0 aromatic heterocycles. The number of rotatable bonds is 2. The zero-order chi connectivity index (χ0) is 6.53. The van der Waals surface area contributed by atoms with E-state index in [2.05, 4.69) is 21.2 Å². The summed E-state index contributed by atoms with van der Waals surface area (Å²) in [5, 5.41) is 0. The van der Waals surface area contributed by atoms with Gasteiger partial charge < -0.3 is 0 Å². The summed E-state index contributed by atoms with van der Waals surface area (Å²) in [5.41, 5.74) is 0. The van der Waals surface area contributed by atoms with Gasteiger partial charge in [0.2, 0.25) is 0 Å². The van der Waals surface area contributed by atoms with Gasteiger partial charge in [-0.1, -0.05) is 28.2 Å². The van der Waals surface area contributed by atoms with Crippen molar-refractivity contribution in [1.82, 2.24) is 0 Å². The van der Waals surface area contributed by atoms with Gasteiger partial charge in [0.15, 0.2) is 0 Å². The van der Waals surface area contributed by atoms with Crippen molar-refractivity contribution in [3.63, 3.8) is 0 Å². The molecule has 0 nitrogen and oxygen atoms in total. The standard InChI is InChI=1S/C7H13IS/c8-9-6-7-4-2-1-3-5-7/h7H,1-6H2. The average Bonchev–Trinajstić information content (AvgIpc) is 1.91. The first kappa shape index (κ1) is 8.18. The molecule has 0 heterocycles. The van der Waals surface area contributed by atoms with Crippen LogP contribution in [0.25, 0.3) is 0 Å². The highest BCUT2D eigenvalue weighted by Gasteiger charge is 2.11. The Hall–Kier alpha value is 1.08. The van der Waals surface area contributed by atoms with Crippen molar-refractivity contribution in [3.8, 4) is 0 Å². The number of hydrogen-bond acceptors (Lipinski definition) is 1. The molecule has 1 rings (SSSR count). The van der Waals surface area contributed by atoms with Gasteiger partial charge in [-0.15, -0.1) is 0 Å². The first-order valence-electron chi connectivity index (χ1n) is 3.67. The predicted molar refractivity (Wildman–Crippen MR) is 53.1 cm³/mol. The van der Waals surface area contributed by atoms with Crippen LogP contribution in [-0.2, 0) is 0 Å². The predicted octanol–water partition coefficient (Wildman–Crippen LogP) is 3.65. The molecule has 1 fully saturated rings. The Morgan fingerprint density at radius 3 is 2.44 bits per heavy atom. The van der Waals surface area contributed by atoms with E-state index < -0.39 is 0 Å². The van der Waals surface area contributed by atoms with Gasteiger partial charge in [0.25, 0.3) is 0 Å². The van der Waals surface area contributed by atoms with E-state index in [4.69, 9.17) is 0 Å². The van der Waals surface area contributed by atoms with Crippen LogP contribution in [0.2, 0.25) is 0 Å². The lowest BCUT2D eigenvalue weighted by atomic mass is 9.91. The maximum atomic E-state index is 2.41. The molecule has 1 aliphatic rings. The minimum atomic E-state index is 1.06. The molecular weight excluding hydrogens is 243 g/mol. The molecule has 9 heavy (non-hydrogen) atoms. The quantitative estimate of drug-likeness (QED) is 0.679. The number of hydrogen-bond donors (Lipinski definition) is 0. The van der Waals surface area contributed by atoms with Gasteiger partial charge >= 0.3 is 0 Å². The Kier molecular flexibility index (Phi) is 4.39. The molecule has 0 aromatic rings. The third-order valence-electron chi connectivity index (χ3n) is 2.02. The van der Waals surface area contributed by atoms with Crippen molar-refractivity contribution in [3.05, 3.63) is 0 Å². The molecule has 0 aromatic carbocycles. The van der Waals surface area contributed by atoms with Crippen molar-refractivity contribution in [2.45, 2.75) is 32.1 Å². The van der Waals surface area contributed by atoms with Gasteiger partial charge in [-0.05, 0) is 40.0 Å². The van der Waals surface area contributed by atoms with E-state index in [1.54, 1.807) is 0 Å². The van der Waals surface area contributed by atoms with Gasteiger partial charge in [-0.3, -0.25) is 0 Å². The number of halogens is 1. The Bertz CT molecular complexity index is 66.6. The van der Waals surface area contributed by atoms with Gasteiger partial charge in [0.1, 0.15) is 0 Å². The highest BCUT2D eigenvalue weighted by Crippen LogP contribution is 2.28. The van der Waals surface area contributed by atoms with Crippen LogP contribution in [0.3, 0.4) is 0 Å². The average molecular weight is 256 g/mol. The first-order valence-corrected chi connectivity index (χ1v) is 7.20. The Morgan fingerprint density at radius 2 is 1.89 bits per heavy atom. The highest BCUT2D eigenvalue weighted by molar-refractivity contribution is 14.2. The summed E-state index contributed by atoms with van der Waals surface area (Å²) < 4.78 is 0. The molecule has 0 amide bonds. The molecule has 1 aliphatic carbocycles. The largest absolute Gasteiger partial charge is 0.0891 e. The van der Waals surface area contributed by atoms with Crippen LogP contribution in [0.5, 0.6) is 0 Å². The summed E-state index contributed by atoms with van der Waals surface area (Å²) in [5.74, 6) is 2.45. The van der Waals surface area contributed by atoms with Crippen molar-refractivity contribution in [2.24, 2.45) is 5.92 Å². The Labute approximate surface area is 73.8 Å². The summed E-state index contributed by atoms with van der Waals surface area (Å²) in [7, 11) is 1.98. The monoisotopic (exact) mass is 256 g/mol. The molecule has 2 heteroatoms. The maximum Gasteiger partial charge on any atom is 0.00618 e. The minimum Gasteiger partial charge on any atom is -0.0891 e. The van der Waals surface area contributed by atoms with Crippen molar-refractivity contribution >= 4 is 30.1 Å². The van der Waals surface area contributed by atoms with E-state index in [1.807, 2.05) is 8.93 Å². The third kappa shape index (κ3) is 3.12. The van der Waals surface area contributed by atoms with Crippen LogP contribution >= 0.6 is 30.1 Å². The fourth-order valence-electron chi connectivity index (χ4n) is 1.44. The summed E-state index contributed by atoms with van der Waals surface area (Å²) in [4.78, 5) is 0. The Balaban J connectivity index is 2.08. The smallest absolute Gasteiger partial charge is 0.00618 e. The van der Waals surface area contributed by atoms with Gasteiger partial charge in [-0.2, -0.15) is 0 Å². The molecule has 0 unspecified atom stereocenters. The summed E-state index contributed by atoms with van der Waals surface area (Å²) in [6.07, 6.45) is 7.46. The summed E-state index contributed by atoms with van der Waals surface area (Å²) in [6.45, 7) is 0. The van der Waals surface area contributed by atoms with Gasteiger partial charge in [-0.25, -0.2) is 0 Å². The fourth-order valence-corrected chi connectivity index (χ4v) is 3.48. The molecule has 0 aliphatic heterocycles. The van der Waals surface area contributed by atoms with E-state index in [0.717, 1.165) is 5.92 Å². The second-order valence-corrected chi connectivity index (χ2v) is 5.20. The normalized spacial score (nSPS) is 22.3. The molecule has 54 valence electrons. The van der Waals surface area contributed by atoms with Crippen molar-refractivity contribution < 1.29 is 0 Å². The van der Waals surface area contributed by atoms with Crippen LogP contribution in [0, 0.1) is 5.92 Å². The fraction of sp³-hybridized carbons (Fsp3) is 1.00. The maximum absolute atomic E-state index is 2.41. The van der Waals surface area contributed by atoms with Crippen molar-refractivity contribution in [2.75, 3.05) is 5.75 Å². The second kappa shape index (κ2) is 4.83. The zero-order valence-electron chi connectivity index (χ0n) is 5.61. The van der Waals surface area contributed by atoms with Crippen LogP contribution in [0.15, 0.2) is 0 Å². The highest BCUT2D eigenvalue weighted by atomic mass is 127. The van der Waals surface area contributed by atoms with Crippen LogP contribution in [0.4, 0.5) is 0 Å². The SMILES string of the molecule is ISCC1CCCCC1. The van der Waals surface area contributed by atoms with E-state index >= 15 is 0 Å². The van der Waals surface area contributed by atoms with Gasteiger partial charge in [0, 0.05) is 5.75 Å². The Morgan fingerprint density at radius 1 is 1.22 bits per heavy atom. The van der Waals surface area contributed by atoms with Gasteiger partial charge in [0.05, 0.1) is 0 Å². The first-order chi connectivity index (χ1) is 4.43. The molecule has 0 spiro atoms. The van der Waals surface area contributed by atoms with Crippen LogP contribution in [0.1, 0.15) is 32.1 Å². The van der Waals surface area contributed by atoms with E-state index in [-0.39, 0.29) is 0 Å². The lowest BCUT2D eigenvalue weighted by Crippen LogP contribution is -2.07. The molecule has 0 radical (unpaired) electrons. The zero-order valence-corrected chi connectivity index (χ0v) is 8.58. The summed E-state index contributed by atoms with van der Waals surface area (Å²) in [6, 6.07) is 0. The molecule has 0 atom stereocenters. The van der Waals surface area contributed by atoms with Crippen molar-refractivity contribution in [1.29, 1.82) is 0 Å². The van der Waals surface area contributed by atoms with E-state index in [0.29, 0.717) is 0 Å². The minimum absolute atomic E-state index is 1.06. The lowest BCUT2D eigenvalue weighted by molar-refractivity contribution is 0.391. The topological polar surface area (TPSA) is 0 Å². The molecule has 0 saturated heterocycles. The second-order valence-electron chi connectivity index (χ2n) is 2.78. The summed E-state index contributed by atoms with van der Waals surface area (Å²) >= 11 is 2.41. The third-order valence-corrected chi connectivity index (χ3v) is 3.70. The lowest BCUT2D eigenvalue weighted by Gasteiger charge is -2.19. The van der Waals surface area contributed by atoms with Crippen LogP contribution in [-0.4, -0.2) is 5.75 Å². The van der Waals surface area contributed by atoms with E-state index in [9.17, 15) is 0 Å². The molecule has 1 saturated carbocycles. The molecular formula is C7H13IS. The molecule has 0 N–H and O–H groups in total. The van der Waals surface area contributed by atoms with Crippen LogP contribution < -0.4 is 0 Å².